The van der Waals surface area contributed by atoms with Crippen LogP contribution in [0.3, 0.4) is 0 Å². The van der Waals surface area contributed by atoms with Crippen molar-refractivity contribution < 1.29 is 28.5 Å². The number of nitrogens with zero attached hydrogens (tertiary/aromatic N) is 2. The second kappa shape index (κ2) is 10.3. The lowest BCUT2D eigenvalue weighted by Crippen LogP contribution is -2.30. The van der Waals surface area contributed by atoms with Gasteiger partial charge in [-0.1, -0.05) is 17.7 Å². The summed E-state index contributed by atoms with van der Waals surface area (Å²) >= 11 is 6.28. The fraction of sp³-hybridized carbons (Fsp3) is 0.214. The summed E-state index contributed by atoms with van der Waals surface area (Å²) in [6.45, 7) is 0.701. The van der Waals surface area contributed by atoms with Crippen molar-refractivity contribution >= 4 is 17.6 Å². The number of hydrogen-bond donors (Lipinski definition) is 0. The molecule has 0 N–H and O–H groups in total. The van der Waals surface area contributed by atoms with E-state index in [9.17, 15) is 4.79 Å². The average Bonchev–Trinajstić information content (AvgIpc) is 3.62. The molecule has 190 valence electrons. The highest BCUT2D eigenvalue weighted by atomic mass is 35.5. The molecule has 1 fully saturated rings. The molecule has 0 spiro atoms. The first-order valence-corrected chi connectivity index (χ1v) is 11.9. The maximum absolute atomic E-state index is 12.3. The molecular weight excluding hydrogens is 496 g/mol. The molecular formula is C28H25ClN2O6. The van der Waals surface area contributed by atoms with Crippen LogP contribution < -0.4 is 9.47 Å². The van der Waals surface area contributed by atoms with Crippen LogP contribution in [0.2, 0.25) is 5.02 Å². The van der Waals surface area contributed by atoms with Gasteiger partial charge in [-0.3, -0.25) is 0 Å². The Morgan fingerprint density at radius 2 is 1.51 bits per heavy atom. The summed E-state index contributed by atoms with van der Waals surface area (Å²) < 4.78 is 29.8. The summed E-state index contributed by atoms with van der Waals surface area (Å²) in [4.78, 5) is 12.3. The highest BCUT2D eigenvalue weighted by molar-refractivity contribution is 6.33. The minimum Gasteiger partial charge on any atom is -0.497 e. The van der Waals surface area contributed by atoms with Gasteiger partial charge in [0.1, 0.15) is 17.2 Å². The molecule has 0 atom stereocenters. The molecule has 0 bridgehead atoms. The molecule has 37 heavy (non-hydrogen) atoms. The van der Waals surface area contributed by atoms with E-state index >= 15 is 0 Å². The first-order chi connectivity index (χ1) is 18.0. The van der Waals surface area contributed by atoms with Crippen LogP contribution in [0, 0.1) is 0 Å². The van der Waals surface area contributed by atoms with Crippen molar-refractivity contribution in [2.75, 3.05) is 34.5 Å². The third kappa shape index (κ3) is 4.55. The van der Waals surface area contributed by atoms with Gasteiger partial charge in [0, 0.05) is 11.1 Å². The maximum atomic E-state index is 12.3. The smallest absolute Gasteiger partial charge is 0.339 e. The highest BCUT2D eigenvalue weighted by Crippen LogP contribution is 2.41. The Morgan fingerprint density at radius 3 is 2.11 bits per heavy atom. The Labute approximate surface area is 219 Å². The van der Waals surface area contributed by atoms with Crippen molar-refractivity contribution in [3.63, 3.8) is 0 Å². The average molecular weight is 521 g/mol. The van der Waals surface area contributed by atoms with E-state index in [1.165, 1.54) is 7.11 Å². The number of hydrogen-bond acceptors (Lipinski definition) is 7. The van der Waals surface area contributed by atoms with Crippen molar-refractivity contribution in [3.05, 3.63) is 94.6 Å². The second-order valence-corrected chi connectivity index (χ2v) is 8.66. The predicted octanol–water partition coefficient (Wildman–Crippen LogP) is 5.24. The van der Waals surface area contributed by atoms with E-state index in [0.29, 0.717) is 24.5 Å². The number of carbonyl (C=O) groups is 1. The van der Waals surface area contributed by atoms with Gasteiger partial charge in [0.05, 0.1) is 56.5 Å². The number of esters is 1. The zero-order valence-electron chi connectivity index (χ0n) is 20.6. The molecule has 1 aliphatic heterocycles. The lowest BCUT2D eigenvalue weighted by molar-refractivity contribution is -0.133. The van der Waals surface area contributed by atoms with Crippen molar-refractivity contribution in [2.24, 2.45) is 0 Å². The Bertz CT molecular complexity index is 1340. The second-order valence-electron chi connectivity index (χ2n) is 8.25. The minimum absolute atomic E-state index is 0.213. The normalized spacial score (nSPS) is 14.4. The third-order valence-corrected chi connectivity index (χ3v) is 6.52. The SMILES string of the molecule is COC(=O)c1cc(C2(c3cc(-c4ccc(OC)cc4)n(-c4ccc(OC)cc4)n3)OCCO2)ccc1Cl. The Balaban J connectivity index is 1.68. The van der Waals surface area contributed by atoms with E-state index in [1.54, 1.807) is 32.4 Å². The molecule has 1 aliphatic rings. The van der Waals surface area contributed by atoms with Crippen molar-refractivity contribution in [1.29, 1.82) is 0 Å². The standard InChI is InChI=1S/C28H25ClN2O6/c1-33-21-9-4-18(5-10-21)25-17-26(30-31(25)20-7-11-22(34-2)12-8-20)28(36-14-15-37-28)19-6-13-24(29)23(16-19)27(32)35-3/h4-13,16-17H,14-15H2,1-3H3. The van der Waals surface area contributed by atoms with Crippen LogP contribution in [0.25, 0.3) is 16.9 Å². The lowest BCUT2D eigenvalue weighted by Gasteiger charge is -2.26. The Kier molecular flexibility index (Phi) is 6.88. The van der Waals surface area contributed by atoms with Gasteiger partial charge in [-0.05, 0) is 66.7 Å². The van der Waals surface area contributed by atoms with Gasteiger partial charge in [0.25, 0.3) is 0 Å². The molecule has 3 aromatic carbocycles. The summed E-state index contributed by atoms with van der Waals surface area (Å²) in [6.07, 6.45) is 0. The van der Waals surface area contributed by atoms with E-state index in [4.69, 9.17) is 40.4 Å². The van der Waals surface area contributed by atoms with E-state index < -0.39 is 11.8 Å². The third-order valence-electron chi connectivity index (χ3n) is 6.20. The number of rotatable bonds is 7. The van der Waals surface area contributed by atoms with Crippen molar-refractivity contribution in [3.8, 4) is 28.4 Å². The molecule has 5 rings (SSSR count). The van der Waals surface area contributed by atoms with Crippen LogP contribution in [0.5, 0.6) is 11.5 Å². The maximum Gasteiger partial charge on any atom is 0.339 e. The van der Waals surface area contributed by atoms with Crippen LogP contribution in [0.15, 0.2) is 72.8 Å². The summed E-state index contributed by atoms with van der Waals surface area (Å²) in [6, 6.07) is 22.2. The first-order valence-electron chi connectivity index (χ1n) is 11.5. The molecule has 0 aliphatic carbocycles. The molecule has 0 amide bonds. The zero-order chi connectivity index (χ0) is 26.0. The molecule has 0 unspecified atom stereocenters. The number of methoxy groups -OCH3 is 3. The van der Waals surface area contributed by atoms with E-state index in [0.717, 1.165) is 28.4 Å². The topological polar surface area (TPSA) is 81.0 Å². The molecule has 0 saturated carbocycles. The van der Waals surface area contributed by atoms with Crippen LogP contribution in [-0.2, 0) is 20.0 Å². The Morgan fingerprint density at radius 1 is 0.892 bits per heavy atom. The van der Waals surface area contributed by atoms with E-state index in [-0.39, 0.29) is 10.6 Å². The van der Waals surface area contributed by atoms with E-state index in [1.807, 2.05) is 59.3 Å². The number of halogens is 1. The van der Waals surface area contributed by atoms with Crippen molar-refractivity contribution in [2.45, 2.75) is 5.79 Å². The van der Waals surface area contributed by atoms with Gasteiger partial charge >= 0.3 is 5.97 Å². The van der Waals surface area contributed by atoms with Gasteiger partial charge < -0.3 is 23.7 Å². The largest absolute Gasteiger partial charge is 0.497 e. The van der Waals surface area contributed by atoms with E-state index in [2.05, 4.69) is 0 Å². The molecule has 0 radical (unpaired) electrons. The number of carbonyl (C=O) groups excluding carboxylic acids is 1. The molecule has 1 saturated heterocycles. The molecule has 1 aromatic heterocycles. The monoisotopic (exact) mass is 520 g/mol. The van der Waals surface area contributed by atoms with Crippen LogP contribution in [0.1, 0.15) is 21.6 Å². The van der Waals surface area contributed by atoms with Crippen LogP contribution in [-0.4, -0.2) is 50.3 Å². The molecule has 2 heterocycles. The lowest BCUT2D eigenvalue weighted by atomic mass is 9.99. The summed E-state index contributed by atoms with van der Waals surface area (Å²) in [7, 11) is 4.56. The summed E-state index contributed by atoms with van der Waals surface area (Å²) in [5.74, 6) is -0.415. The minimum atomic E-state index is -1.34. The predicted molar refractivity (Wildman–Crippen MR) is 138 cm³/mol. The quantitative estimate of drug-likeness (QED) is 0.308. The number of ether oxygens (including phenoxy) is 5. The summed E-state index contributed by atoms with van der Waals surface area (Å²) in [5, 5.41) is 5.22. The van der Waals surface area contributed by atoms with Crippen LogP contribution >= 0.6 is 11.6 Å². The zero-order valence-corrected chi connectivity index (χ0v) is 21.3. The molecule has 8 nitrogen and oxygen atoms in total. The number of aromatic nitrogens is 2. The fourth-order valence-electron chi connectivity index (χ4n) is 4.30. The van der Waals surface area contributed by atoms with Gasteiger partial charge in [0.2, 0.25) is 5.79 Å². The first kappa shape index (κ1) is 24.8. The number of benzene rings is 3. The van der Waals surface area contributed by atoms with Gasteiger partial charge in [-0.25, -0.2) is 9.48 Å². The van der Waals surface area contributed by atoms with Gasteiger partial charge in [0.15, 0.2) is 0 Å². The fourth-order valence-corrected chi connectivity index (χ4v) is 4.50. The molecule has 4 aromatic rings. The highest BCUT2D eigenvalue weighted by Gasteiger charge is 2.44. The van der Waals surface area contributed by atoms with Gasteiger partial charge in [-0.2, -0.15) is 5.10 Å². The van der Waals surface area contributed by atoms with Crippen LogP contribution in [0.4, 0.5) is 0 Å². The summed E-state index contributed by atoms with van der Waals surface area (Å²) in [5.41, 5.74) is 3.85. The Hall–Kier alpha value is -3.85. The van der Waals surface area contributed by atoms with Crippen molar-refractivity contribution in [1.82, 2.24) is 9.78 Å². The molecule has 9 heteroatoms. The van der Waals surface area contributed by atoms with Gasteiger partial charge in [-0.15, -0.1) is 0 Å².